The number of aryl methyl sites for hydroxylation is 1. The number of benzene rings is 7. The van der Waals surface area contributed by atoms with Gasteiger partial charge in [0.1, 0.15) is 35.2 Å². The van der Waals surface area contributed by atoms with Crippen LogP contribution in [0.1, 0.15) is 5.56 Å². The number of aliphatic hydroxyl groups is 1. The van der Waals surface area contributed by atoms with Crippen molar-refractivity contribution in [2.75, 3.05) is 18.5 Å². The van der Waals surface area contributed by atoms with Crippen LogP contribution in [-0.2, 0) is 39.0 Å². The maximum atomic E-state index is 12.2. The summed E-state index contributed by atoms with van der Waals surface area (Å²) in [6, 6.07) is 20.8. The number of anilines is 2. The van der Waals surface area contributed by atoms with E-state index in [-0.39, 0.29) is 67.2 Å². The SMILES string of the molecule is Cc1cc(N=Nc2c(SOOO)cc3cc(Nc4ccc5c(O)cc(S(=O)(=O)O)cc5c4)ccc3c2O)c(OCCO)cc1N=Nc1cc(S(=O)(=O)O)cc2cc(SOOO)cc(O)c12. The second-order valence-corrected chi connectivity index (χ2v) is 17.8. The zero-order chi connectivity index (χ0) is 46.6. The highest BCUT2D eigenvalue weighted by Gasteiger charge is 2.20. The lowest BCUT2D eigenvalue weighted by molar-refractivity contribution is -0.432. The Hall–Kier alpha value is -6.24. The summed E-state index contributed by atoms with van der Waals surface area (Å²) in [6.07, 6.45) is 0. The Bertz CT molecular complexity index is 3280. The van der Waals surface area contributed by atoms with Gasteiger partial charge in [0.05, 0.1) is 62.1 Å². The van der Waals surface area contributed by atoms with Crippen molar-refractivity contribution in [3.05, 3.63) is 96.6 Å². The van der Waals surface area contributed by atoms with E-state index < -0.39 is 42.4 Å². The molecule has 7 rings (SSSR count). The number of hydrogen-bond donors (Lipinski definition) is 9. The van der Waals surface area contributed by atoms with Crippen molar-refractivity contribution in [2.45, 2.75) is 26.5 Å². The van der Waals surface area contributed by atoms with Crippen molar-refractivity contribution in [1.29, 1.82) is 0 Å². The summed E-state index contributed by atoms with van der Waals surface area (Å²) in [5, 5.41) is 88.8. The summed E-state index contributed by atoms with van der Waals surface area (Å²) in [5.74, 6) is -1.09. The molecule has 0 aliphatic carbocycles. The van der Waals surface area contributed by atoms with Gasteiger partial charge >= 0.3 is 0 Å². The summed E-state index contributed by atoms with van der Waals surface area (Å²) in [5.41, 5.74) is 1.30. The average Bonchev–Trinajstić information content (AvgIpc) is 3.25. The Balaban J connectivity index is 1.23. The van der Waals surface area contributed by atoms with Gasteiger partial charge in [-0.15, -0.1) is 24.0 Å². The van der Waals surface area contributed by atoms with Crippen LogP contribution in [0.2, 0.25) is 0 Å². The van der Waals surface area contributed by atoms with E-state index in [0.29, 0.717) is 62.6 Å². The van der Waals surface area contributed by atoms with E-state index in [1.165, 1.54) is 30.3 Å². The van der Waals surface area contributed by atoms with Gasteiger partial charge in [-0.3, -0.25) is 9.11 Å². The molecule has 22 nitrogen and oxygen atoms in total. The van der Waals surface area contributed by atoms with Gasteiger partial charge in [-0.2, -0.15) is 21.9 Å². The number of nitrogens with zero attached hydrogens (tertiary/aromatic N) is 4. The standard InChI is InChI=1S/C39H31N5O17S4/c1-19-8-31(35(57-7-6-45)18-30(19)41-43-32-16-26(64(51,52)53)13-22-11-25(62-60-58-49)15-34(47)37(22)32)42-44-38-36(63-61-59-50)14-21-10-24(3-5-29(21)39(38)48)40-23-2-4-28-20(9-23)12-27(17-33(28)46)65(54,55)56/h2-5,8-18,40,45-50H,6-7H2,1H3,(H,51,52,53)(H,54,55,56). The molecule has 7 aromatic rings. The molecule has 0 amide bonds. The average molecular weight is 970 g/mol. The molecule has 0 fully saturated rings. The lowest BCUT2D eigenvalue weighted by Gasteiger charge is -2.13. The Morgan fingerprint density at radius 3 is 1.92 bits per heavy atom. The Morgan fingerprint density at radius 2 is 1.25 bits per heavy atom. The van der Waals surface area contributed by atoms with E-state index in [1.807, 2.05) is 0 Å². The molecule has 0 unspecified atom stereocenters. The number of aliphatic hydroxyl groups excluding tert-OH is 1. The van der Waals surface area contributed by atoms with Crippen LogP contribution in [0.15, 0.2) is 131 Å². The fourth-order valence-electron chi connectivity index (χ4n) is 6.44. The van der Waals surface area contributed by atoms with E-state index in [2.05, 4.69) is 44.5 Å². The maximum Gasteiger partial charge on any atom is 0.294 e. The van der Waals surface area contributed by atoms with E-state index >= 15 is 0 Å². The van der Waals surface area contributed by atoms with Crippen LogP contribution >= 0.6 is 24.1 Å². The first-order chi connectivity index (χ1) is 31.0. The van der Waals surface area contributed by atoms with Crippen molar-refractivity contribution in [3.63, 3.8) is 0 Å². The lowest BCUT2D eigenvalue weighted by Crippen LogP contribution is -2.01. The minimum atomic E-state index is -4.78. The van der Waals surface area contributed by atoms with Crippen LogP contribution < -0.4 is 10.1 Å². The van der Waals surface area contributed by atoms with Gasteiger partial charge in [-0.05, 0) is 108 Å². The van der Waals surface area contributed by atoms with Gasteiger partial charge in [0, 0.05) is 39.2 Å². The molecule has 0 saturated heterocycles. The summed E-state index contributed by atoms with van der Waals surface area (Å²) in [7, 11) is -9.38. The number of nitrogens with one attached hydrogen (secondary N) is 1. The van der Waals surface area contributed by atoms with Crippen LogP contribution in [0.25, 0.3) is 32.3 Å². The number of rotatable bonds is 17. The second kappa shape index (κ2) is 19.5. The molecule has 338 valence electrons. The normalized spacial score (nSPS) is 12.3. The first-order valence-electron chi connectivity index (χ1n) is 18.1. The van der Waals surface area contributed by atoms with E-state index in [4.69, 9.17) is 15.3 Å². The number of hydrogen-bond acceptors (Lipinski definition) is 22. The third kappa shape index (κ3) is 10.7. The minimum absolute atomic E-state index is 0.0211. The molecule has 0 bridgehead atoms. The molecule has 7 aromatic carbocycles. The summed E-state index contributed by atoms with van der Waals surface area (Å²) in [4.78, 5) is -0.787. The van der Waals surface area contributed by atoms with Crippen molar-refractivity contribution >= 4 is 111 Å². The summed E-state index contributed by atoms with van der Waals surface area (Å²) >= 11 is 0.969. The predicted molar refractivity (Wildman–Crippen MR) is 233 cm³/mol. The highest BCUT2D eigenvalue weighted by Crippen LogP contribution is 2.46. The van der Waals surface area contributed by atoms with Crippen molar-refractivity contribution in [3.8, 4) is 23.0 Å². The third-order valence-electron chi connectivity index (χ3n) is 9.26. The maximum absolute atomic E-state index is 12.2. The van der Waals surface area contributed by atoms with Crippen LogP contribution in [0, 0.1) is 6.92 Å². The first kappa shape index (κ1) is 46.7. The predicted octanol–water partition coefficient (Wildman–Crippen LogP) is 9.87. The number of azo groups is 2. The van der Waals surface area contributed by atoms with Crippen LogP contribution in [0.5, 0.6) is 23.0 Å². The quantitative estimate of drug-likeness (QED) is 0.0135. The monoisotopic (exact) mass is 969 g/mol. The number of ether oxygens (including phenoxy) is 1. The van der Waals surface area contributed by atoms with E-state index in [0.717, 1.165) is 18.2 Å². The van der Waals surface area contributed by atoms with E-state index in [1.54, 1.807) is 49.4 Å². The molecular formula is C39H31N5O17S4. The molecule has 0 spiro atoms. The zero-order valence-electron chi connectivity index (χ0n) is 32.7. The molecule has 0 radical (unpaired) electrons. The molecule has 0 aromatic heterocycles. The van der Waals surface area contributed by atoms with Crippen molar-refractivity contribution < 1.29 is 80.4 Å². The van der Waals surface area contributed by atoms with Gasteiger partial charge in [0.2, 0.25) is 0 Å². The zero-order valence-corrected chi connectivity index (χ0v) is 36.0. The van der Waals surface area contributed by atoms with Crippen LogP contribution in [0.4, 0.5) is 34.1 Å². The van der Waals surface area contributed by atoms with Gasteiger partial charge in [0.15, 0.2) is 5.75 Å². The Kier molecular flexibility index (Phi) is 14.0. The lowest BCUT2D eigenvalue weighted by atomic mass is 10.1. The molecular weight excluding hydrogens is 939 g/mol. The molecule has 65 heavy (non-hydrogen) atoms. The number of phenolic OH excluding ortho intramolecular Hbond substituents is 3. The van der Waals surface area contributed by atoms with Gasteiger partial charge in [-0.25, -0.2) is 10.5 Å². The molecule has 0 saturated carbocycles. The highest BCUT2D eigenvalue weighted by atomic mass is 32.2. The number of phenols is 3. The largest absolute Gasteiger partial charge is 0.507 e. The smallest absolute Gasteiger partial charge is 0.294 e. The highest BCUT2D eigenvalue weighted by molar-refractivity contribution is 7.95. The van der Waals surface area contributed by atoms with Crippen molar-refractivity contribution in [2.24, 2.45) is 20.5 Å². The molecule has 26 heteroatoms. The van der Waals surface area contributed by atoms with Crippen LogP contribution in [-0.4, -0.2) is 70.1 Å². The van der Waals surface area contributed by atoms with Crippen molar-refractivity contribution in [1.82, 2.24) is 0 Å². The second-order valence-electron chi connectivity index (χ2n) is 13.5. The molecule has 0 atom stereocenters. The summed E-state index contributed by atoms with van der Waals surface area (Å²) < 4.78 is 81.9. The van der Waals surface area contributed by atoms with Gasteiger partial charge < -0.3 is 30.5 Å². The van der Waals surface area contributed by atoms with E-state index in [9.17, 15) is 46.4 Å². The minimum Gasteiger partial charge on any atom is -0.507 e. The Labute approximate surface area is 374 Å². The fourth-order valence-corrected chi connectivity index (χ4v) is 8.45. The van der Waals surface area contributed by atoms with Crippen LogP contribution in [0.3, 0.4) is 0 Å². The fraction of sp³-hybridized carbons (Fsp3) is 0.0769. The van der Waals surface area contributed by atoms with Gasteiger partial charge in [0.25, 0.3) is 20.2 Å². The molecule has 0 heterocycles. The van der Waals surface area contributed by atoms with Gasteiger partial charge in [-0.1, -0.05) is 10.1 Å². The summed E-state index contributed by atoms with van der Waals surface area (Å²) in [6.45, 7) is 0.993. The molecule has 0 aliphatic rings. The number of fused-ring (bicyclic) bond motifs is 3. The topological polar surface area (TPSA) is 338 Å². The Morgan fingerprint density at radius 1 is 0.631 bits per heavy atom. The molecule has 9 N–H and O–H groups in total. The number of aromatic hydroxyl groups is 3. The molecule has 0 aliphatic heterocycles. The third-order valence-corrected chi connectivity index (χ3v) is 12.1. The first-order valence-corrected chi connectivity index (χ1v) is 22.4.